The Morgan fingerprint density at radius 1 is 1.00 bits per heavy atom. The highest BCUT2D eigenvalue weighted by Gasteiger charge is 2.25. The fourth-order valence-corrected chi connectivity index (χ4v) is 2.10. The number of hydrogen-bond donors (Lipinski definition) is 1. The molecule has 19 heavy (non-hydrogen) atoms. The third-order valence-electron chi connectivity index (χ3n) is 3.06. The van der Waals surface area contributed by atoms with Crippen molar-refractivity contribution < 1.29 is 13.2 Å². The van der Waals surface area contributed by atoms with Crippen molar-refractivity contribution in [2.75, 3.05) is 0 Å². The Labute approximate surface area is 110 Å². The maximum Gasteiger partial charge on any atom is 0.389 e. The molecule has 2 aromatic rings. The predicted octanol–water partition coefficient (Wildman–Crippen LogP) is 4.62. The Kier molecular flexibility index (Phi) is 4.45. The van der Waals surface area contributed by atoms with Crippen LogP contribution in [0.3, 0.4) is 0 Å². The molecule has 104 valence electrons. The van der Waals surface area contributed by atoms with E-state index >= 15 is 0 Å². The number of aromatic nitrogens is 2. The highest BCUT2D eigenvalue weighted by molar-refractivity contribution is 5.74. The second-order valence-corrected chi connectivity index (χ2v) is 4.73. The predicted molar refractivity (Wildman–Crippen MR) is 68.9 cm³/mol. The van der Waals surface area contributed by atoms with Gasteiger partial charge in [-0.25, -0.2) is 4.98 Å². The maximum atomic E-state index is 11.9. The number of halogens is 3. The Hall–Kier alpha value is -1.52. The average Bonchev–Trinajstić information content (AvgIpc) is 2.74. The van der Waals surface area contributed by atoms with Crippen molar-refractivity contribution in [3.63, 3.8) is 0 Å². The SMILES string of the molecule is FC(F)(F)CCCCCCc1nc2ccccc2[nH]1. The molecule has 0 fully saturated rings. The zero-order valence-corrected chi connectivity index (χ0v) is 10.6. The van der Waals surface area contributed by atoms with E-state index in [-0.39, 0.29) is 6.42 Å². The summed E-state index contributed by atoms with van der Waals surface area (Å²) in [5.74, 6) is 0.914. The zero-order valence-electron chi connectivity index (χ0n) is 10.6. The summed E-state index contributed by atoms with van der Waals surface area (Å²) in [4.78, 5) is 7.65. The van der Waals surface area contributed by atoms with Crippen LogP contribution in [-0.4, -0.2) is 16.1 Å². The van der Waals surface area contributed by atoms with Crippen LogP contribution in [0.2, 0.25) is 0 Å². The molecule has 0 spiro atoms. The quantitative estimate of drug-likeness (QED) is 0.762. The van der Waals surface area contributed by atoms with Crippen molar-refractivity contribution in [2.24, 2.45) is 0 Å². The second-order valence-electron chi connectivity index (χ2n) is 4.73. The molecule has 1 aromatic carbocycles. The summed E-state index contributed by atoms with van der Waals surface area (Å²) in [6.45, 7) is 0. The molecule has 5 heteroatoms. The summed E-state index contributed by atoms with van der Waals surface area (Å²) in [7, 11) is 0. The van der Waals surface area contributed by atoms with Crippen LogP contribution >= 0.6 is 0 Å². The van der Waals surface area contributed by atoms with Gasteiger partial charge in [-0.3, -0.25) is 0 Å². The van der Waals surface area contributed by atoms with E-state index < -0.39 is 12.6 Å². The first-order valence-electron chi connectivity index (χ1n) is 6.55. The van der Waals surface area contributed by atoms with E-state index in [0.29, 0.717) is 6.42 Å². The lowest BCUT2D eigenvalue weighted by atomic mass is 10.1. The first kappa shape index (κ1) is 13.9. The summed E-state index contributed by atoms with van der Waals surface area (Å²) >= 11 is 0. The molecule has 0 aliphatic heterocycles. The van der Waals surface area contributed by atoms with Gasteiger partial charge < -0.3 is 4.98 Å². The minimum Gasteiger partial charge on any atom is -0.342 e. The van der Waals surface area contributed by atoms with Gasteiger partial charge in [0.1, 0.15) is 5.82 Å². The van der Waals surface area contributed by atoms with Gasteiger partial charge in [0, 0.05) is 12.8 Å². The smallest absolute Gasteiger partial charge is 0.342 e. The van der Waals surface area contributed by atoms with Crippen LogP contribution in [0.4, 0.5) is 13.2 Å². The lowest BCUT2D eigenvalue weighted by molar-refractivity contribution is -0.135. The van der Waals surface area contributed by atoms with Crippen molar-refractivity contribution in [1.29, 1.82) is 0 Å². The van der Waals surface area contributed by atoms with Crippen molar-refractivity contribution in [3.8, 4) is 0 Å². The summed E-state index contributed by atoms with van der Waals surface area (Å²) < 4.78 is 35.8. The van der Waals surface area contributed by atoms with Crippen molar-refractivity contribution in [3.05, 3.63) is 30.1 Å². The maximum absolute atomic E-state index is 11.9. The monoisotopic (exact) mass is 270 g/mol. The molecule has 2 nitrogen and oxygen atoms in total. The van der Waals surface area contributed by atoms with Crippen LogP contribution in [0.1, 0.15) is 37.9 Å². The van der Waals surface area contributed by atoms with E-state index in [1.54, 1.807) is 0 Å². The van der Waals surface area contributed by atoms with E-state index in [1.807, 2.05) is 24.3 Å². The number of benzene rings is 1. The third kappa shape index (κ3) is 4.58. The number of rotatable bonds is 6. The molecule has 0 unspecified atom stereocenters. The van der Waals surface area contributed by atoms with E-state index in [4.69, 9.17) is 0 Å². The molecule has 1 aromatic heterocycles. The number of unbranched alkanes of at least 4 members (excludes halogenated alkanes) is 3. The molecule has 2 rings (SSSR count). The first-order valence-corrected chi connectivity index (χ1v) is 6.55. The number of alkyl halides is 3. The van der Waals surface area contributed by atoms with Crippen LogP contribution in [0.5, 0.6) is 0 Å². The van der Waals surface area contributed by atoms with Gasteiger partial charge in [0.25, 0.3) is 0 Å². The topological polar surface area (TPSA) is 28.7 Å². The summed E-state index contributed by atoms with van der Waals surface area (Å²) in [5.41, 5.74) is 1.95. The Morgan fingerprint density at radius 2 is 1.74 bits per heavy atom. The molecule has 0 amide bonds. The van der Waals surface area contributed by atoms with Gasteiger partial charge in [-0.1, -0.05) is 25.0 Å². The molecule has 0 saturated heterocycles. The molecule has 0 aliphatic carbocycles. The fourth-order valence-electron chi connectivity index (χ4n) is 2.10. The summed E-state index contributed by atoms with van der Waals surface area (Å²) in [5, 5.41) is 0. The number of hydrogen-bond acceptors (Lipinski definition) is 1. The number of fused-ring (bicyclic) bond motifs is 1. The summed E-state index contributed by atoms with van der Waals surface area (Å²) in [6.07, 6.45) is -1.36. The second kappa shape index (κ2) is 6.08. The zero-order chi connectivity index (χ0) is 13.7. The number of para-hydroxylation sites is 2. The average molecular weight is 270 g/mol. The van der Waals surface area contributed by atoms with Crippen LogP contribution in [0.15, 0.2) is 24.3 Å². The molecule has 0 atom stereocenters. The van der Waals surface area contributed by atoms with Gasteiger partial charge in [-0.15, -0.1) is 0 Å². The third-order valence-corrected chi connectivity index (χ3v) is 3.06. The molecule has 0 aliphatic rings. The van der Waals surface area contributed by atoms with Gasteiger partial charge in [0.05, 0.1) is 11.0 Å². The van der Waals surface area contributed by atoms with Crippen molar-refractivity contribution in [1.82, 2.24) is 9.97 Å². The lowest BCUT2D eigenvalue weighted by Crippen LogP contribution is -2.06. The summed E-state index contributed by atoms with van der Waals surface area (Å²) in [6, 6.07) is 7.79. The van der Waals surface area contributed by atoms with Gasteiger partial charge >= 0.3 is 6.18 Å². The number of imidazole rings is 1. The minimum absolute atomic E-state index is 0.226. The molecule has 1 heterocycles. The number of H-pyrrole nitrogens is 1. The Balaban J connectivity index is 1.68. The van der Waals surface area contributed by atoms with Gasteiger partial charge in [-0.2, -0.15) is 13.2 Å². The number of nitrogens with zero attached hydrogens (tertiary/aromatic N) is 1. The molecule has 0 radical (unpaired) electrons. The Morgan fingerprint density at radius 3 is 2.47 bits per heavy atom. The highest BCUT2D eigenvalue weighted by atomic mass is 19.4. The lowest BCUT2D eigenvalue weighted by Gasteiger charge is -2.05. The molecular formula is C14H17F3N2. The number of aromatic amines is 1. The molecule has 1 N–H and O–H groups in total. The largest absolute Gasteiger partial charge is 0.389 e. The van der Waals surface area contributed by atoms with Crippen LogP contribution in [0, 0.1) is 0 Å². The number of aryl methyl sites for hydroxylation is 1. The minimum atomic E-state index is -4.02. The van der Waals surface area contributed by atoms with Gasteiger partial charge in [0.2, 0.25) is 0 Å². The Bertz CT molecular complexity index is 484. The first-order chi connectivity index (χ1) is 9.04. The van der Waals surface area contributed by atoms with Gasteiger partial charge in [0.15, 0.2) is 0 Å². The van der Waals surface area contributed by atoms with E-state index in [2.05, 4.69) is 9.97 Å². The van der Waals surface area contributed by atoms with Crippen molar-refractivity contribution in [2.45, 2.75) is 44.7 Å². The number of nitrogens with one attached hydrogen (secondary N) is 1. The normalized spacial score (nSPS) is 12.2. The van der Waals surface area contributed by atoms with Crippen LogP contribution in [-0.2, 0) is 6.42 Å². The van der Waals surface area contributed by atoms with E-state index in [1.165, 1.54) is 0 Å². The fraction of sp³-hybridized carbons (Fsp3) is 0.500. The van der Waals surface area contributed by atoms with Crippen LogP contribution in [0.25, 0.3) is 11.0 Å². The van der Waals surface area contributed by atoms with E-state index in [0.717, 1.165) is 36.1 Å². The van der Waals surface area contributed by atoms with Crippen molar-refractivity contribution >= 4 is 11.0 Å². The van der Waals surface area contributed by atoms with E-state index in [9.17, 15) is 13.2 Å². The highest BCUT2D eigenvalue weighted by Crippen LogP contribution is 2.23. The van der Waals surface area contributed by atoms with Gasteiger partial charge in [-0.05, 0) is 25.0 Å². The molecule has 0 saturated carbocycles. The molecular weight excluding hydrogens is 253 g/mol. The molecule has 0 bridgehead atoms. The van der Waals surface area contributed by atoms with Crippen LogP contribution < -0.4 is 0 Å². The standard InChI is InChI=1S/C14H17F3N2/c15-14(16,17)10-6-2-1-3-9-13-18-11-7-4-5-8-12(11)19-13/h4-5,7-8H,1-3,6,9-10H2,(H,18,19).